The summed E-state index contributed by atoms with van der Waals surface area (Å²) in [6, 6.07) is 8.29. The van der Waals surface area contributed by atoms with E-state index in [1.165, 1.54) is 22.5 Å². The quantitative estimate of drug-likeness (QED) is 0.638. The topological polar surface area (TPSA) is 71.5 Å². The number of benzene rings is 1. The summed E-state index contributed by atoms with van der Waals surface area (Å²) in [4.78, 5) is 31.0. The van der Waals surface area contributed by atoms with Crippen LogP contribution in [0, 0.1) is 0 Å². The fourth-order valence-corrected chi connectivity index (χ4v) is 4.30. The molecule has 0 radical (unpaired) electrons. The van der Waals surface area contributed by atoms with E-state index < -0.39 is 0 Å². The number of hydrogen-bond acceptors (Lipinski definition) is 5. The van der Waals surface area contributed by atoms with Crippen molar-refractivity contribution < 1.29 is 14.3 Å². The fourth-order valence-electron chi connectivity index (χ4n) is 3.47. The van der Waals surface area contributed by atoms with Crippen molar-refractivity contribution >= 4 is 23.2 Å². The van der Waals surface area contributed by atoms with Crippen molar-refractivity contribution in [2.24, 2.45) is 0 Å². The van der Waals surface area contributed by atoms with Crippen LogP contribution in [-0.2, 0) is 33.7 Å². The van der Waals surface area contributed by atoms with Crippen LogP contribution in [0.5, 0.6) is 0 Å². The fraction of sp³-hybridized carbons (Fsp3) is 0.500. The molecule has 6 nitrogen and oxygen atoms in total. The zero-order valence-corrected chi connectivity index (χ0v) is 18.0. The molecule has 29 heavy (non-hydrogen) atoms. The Balaban J connectivity index is 1.35. The van der Waals surface area contributed by atoms with Crippen LogP contribution in [0.1, 0.15) is 54.6 Å². The molecule has 3 rings (SSSR count). The van der Waals surface area contributed by atoms with Gasteiger partial charge in [0, 0.05) is 38.0 Å². The van der Waals surface area contributed by atoms with Gasteiger partial charge in [-0.25, -0.2) is 4.98 Å². The molecule has 2 amide bonds. The van der Waals surface area contributed by atoms with Crippen LogP contribution in [0.3, 0.4) is 0 Å². The molecule has 1 N–H and O–H groups in total. The Bertz CT molecular complexity index is 836. The predicted octanol–water partition coefficient (Wildman–Crippen LogP) is 3.26. The van der Waals surface area contributed by atoms with Gasteiger partial charge in [0.15, 0.2) is 0 Å². The molecule has 0 bridgehead atoms. The zero-order chi connectivity index (χ0) is 20.6. The summed E-state index contributed by atoms with van der Waals surface area (Å²) in [7, 11) is 0. The number of carbonyl (C=O) groups is 2. The summed E-state index contributed by atoms with van der Waals surface area (Å²) in [5.74, 6) is 0.0908. The average molecular weight is 416 g/mol. The molecule has 2 aromatic rings. The highest BCUT2D eigenvalue weighted by molar-refractivity contribution is 7.09. The van der Waals surface area contributed by atoms with Gasteiger partial charge in [-0.1, -0.05) is 24.3 Å². The third-order valence-corrected chi connectivity index (χ3v) is 6.10. The molecule has 1 aliphatic heterocycles. The van der Waals surface area contributed by atoms with Crippen molar-refractivity contribution in [3.05, 3.63) is 51.5 Å². The number of fused-ring (bicyclic) bond motifs is 1. The lowest BCUT2D eigenvalue weighted by molar-refractivity contribution is -0.132. The van der Waals surface area contributed by atoms with E-state index in [1.54, 1.807) is 0 Å². The van der Waals surface area contributed by atoms with Gasteiger partial charge >= 0.3 is 0 Å². The first-order valence-electron chi connectivity index (χ1n) is 10.2. The highest BCUT2D eigenvalue weighted by Gasteiger charge is 2.20. The number of nitrogens with one attached hydrogen (secondary N) is 1. The molecular weight excluding hydrogens is 386 g/mol. The Kier molecular flexibility index (Phi) is 7.77. The number of nitrogens with zero attached hydrogens (tertiary/aromatic N) is 2. The van der Waals surface area contributed by atoms with Gasteiger partial charge in [-0.15, -0.1) is 11.3 Å². The number of carbonyl (C=O) groups excluding carboxylic acids is 2. The lowest BCUT2D eigenvalue weighted by atomic mass is 9.99. The maximum Gasteiger partial charge on any atom is 0.226 e. The smallest absolute Gasteiger partial charge is 0.226 e. The van der Waals surface area contributed by atoms with Gasteiger partial charge in [0.2, 0.25) is 11.8 Å². The molecule has 0 saturated heterocycles. The zero-order valence-electron chi connectivity index (χ0n) is 17.1. The third kappa shape index (κ3) is 6.11. The van der Waals surface area contributed by atoms with Crippen LogP contribution in [0.25, 0.3) is 0 Å². The van der Waals surface area contributed by atoms with E-state index in [0.29, 0.717) is 32.5 Å². The van der Waals surface area contributed by atoms with Crippen molar-refractivity contribution in [3.63, 3.8) is 0 Å². The molecule has 0 spiro atoms. The monoisotopic (exact) mass is 415 g/mol. The Morgan fingerprint density at radius 2 is 2.10 bits per heavy atom. The molecule has 156 valence electrons. The van der Waals surface area contributed by atoms with E-state index >= 15 is 0 Å². The van der Waals surface area contributed by atoms with Crippen molar-refractivity contribution in [2.45, 2.75) is 52.2 Å². The van der Waals surface area contributed by atoms with E-state index in [0.717, 1.165) is 23.7 Å². The molecule has 7 heteroatoms. The second kappa shape index (κ2) is 10.5. The van der Waals surface area contributed by atoms with Gasteiger partial charge in [0.05, 0.1) is 12.1 Å². The molecule has 1 unspecified atom stereocenters. The van der Waals surface area contributed by atoms with E-state index in [4.69, 9.17) is 4.74 Å². The second-order valence-electron chi connectivity index (χ2n) is 7.24. The lowest BCUT2D eigenvalue weighted by Gasteiger charge is -2.29. The summed E-state index contributed by atoms with van der Waals surface area (Å²) in [6.07, 6.45) is 2.22. The molecule has 1 aliphatic rings. The van der Waals surface area contributed by atoms with Gasteiger partial charge in [-0.3, -0.25) is 9.59 Å². The molecule has 2 heterocycles. The average Bonchev–Trinajstić information content (AvgIpc) is 3.19. The van der Waals surface area contributed by atoms with E-state index in [-0.39, 0.29) is 24.3 Å². The summed E-state index contributed by atoms with van der Waals surface area (Å²) in [5, 5.41) is 5.69. The van der Waals surface area contributed by atoms with Gasteiger partial charge in [-0.05, 0) is 37.8 Å². The SMILES string of the molecule is CCOC(C)c1nc(CC(=O)NCCCC(=O)N2CCc3ccccc3C2)cs1. The minimum absolute atomic E-state index is 0.0467. The first kappa shape index (κ1) is 21.5. The molecular formula is C22H29N3O3S. The number of ether oxygens (including phenoxy) is 1. The summed E-state index contributed by atoms with van der Waals surface area (Å²) in [5.41, 5.74) is 3.34. The normalized spacial score (nSPS) is 14.3. The molecule has 1 atom stereocenters. The number of thiazole rings is 1. The van der Waals surface area contributed by atoms with E-state index in [1.807, 2.05) is 36.3 Å². The molecule has 1 aromatic heterocycles. The predicted molar refractivity (Wildman–Crippen MR) is 114 cm³/mol. The van der Waals surface area contributed by atoms with Gasteiger partial charge < -0.3 is 15.0 Å². The number of aromatic nitrogens is 1. The van der Waals surface area contributed by atoms with E-state index in [2.05, 4.69) is 22.4 Å². The minimum atomic E-state index is -0.0646. The Labute approximate surface area is 176 Å². The minimum Gasteiger partial charge on any atom is -0.372 e. The second-order valence-corrected chi connectivity index (χ2v) is 8.13. The van der Waals surface area contributed by atoms with Gasteiger partial charge in [0.25, 0.3) is 0 Å². The van der Waals surface area contributed by atoms with Crippen LogP contribution in [0.4, 0.5) is 0 Å². The summed E-state index contributed by atoms with van der Waals surface area (Å²) >= 11 is 1.52. The van der Waals surface area contributed by atoms with Crippen LogP contribution < -0.4 is 5.32 Å². The maximum atomic E-state index is 12.5. The lowest BCUT2D eigenvalue weighted by Crippen LogP contribution is -2.36. The van der Waals surface area contributed by atoms with Gasteiger partial charge in [-0.2, -0.15) is 0 Å². The van der Waals surface area contributed by atoms with E-state index in [9.17, 15) is 9.59 Å². The van der Waals surface area contributed by atoms with Crippen LogP contribution in [0.15, 0.2) is 29.6 Å². The van der Waals surface area contributed by atoms with Crippen LogP contribution >= 0.6 is 11.3 Å². The molecule has 1 aromatic carbocycles. The Morgan fingerprint density at radius 3 is 2.90 bits per heavy atom. The third-order valence-electron chi connectivity index (χ3n) is 5.05. The summed E-state index contributed by atoms with van der Waals surface area (Å²) < 4.78 is 5.53. The first-order chi connectivity index (χ1) is 14.1. The Morgan fingerprint density at radius 1 is 1.31 bits per heavy atom. The Hall–Kier alpha value is -2.25. The highest BCUT2D eigenvalue weighted by atomic mass is 32.1. The van der Waals surface area contributed by atoms with Crippen LogP contribution in [0.2, 0.25) is 0 Å². The summed E-state index contributed by atoms with van der Waals surface area (Å²) in [6.45, 7) is 6.51. The van der Waals surface area contributed by atoms with Crippen LogP contribution in [-0.4, -0.2) is 41.4 Å². The van der Waals surface area contributed by atoms with Crippen molar-refractivity contribution in [1.82, 2.24) is 15.2 Å². The maximum absolute atomic E-state index is 12.5. The highest BCUT2D eigenvalue weighted by Crippen LogP contribution is 2.21. The molecule has 0 aliphatic carbocycles. The van der Waals surface area contributed by atoms with Crippen molar-refractivity contribution in [3.8, 4) is 0 Å². The largest absolute Gasteiger partial charge is 0.372 e. The number of hydrogen-bond donors (Lipinski definition) is 1. The van der Waals surface area contributed by atoms with Crippen molar-refractivity contribution in [2.75, 3.05) is 19.7 Å². The number of rotatable bonds is 9. The molecule has 0 fully saturated rings. The number of amides is 2. The standard InChI is InChI=1S/C22H29N3O3S/c1-3-28-16(2)22-24-19(15-29-22)13-20(26)23-11-6-9-21(27)25-12-10-17-7-4-5-8-18(17)14-25/h4-5,7-8,15-16H,3,6,9-14H2,1-2H3,(H,23,26). The van der Waals surface area contributed by atoms with Crippen molar-refractivity contribution in [1.29, 1.82) is 0 Å². The van der Waals surface area contributed by atoms with Gasteiger partial charge in [0.1, 0.15) is 11.1 Å². The first-order valence-corrected chi connectivity index (χ1v) is 11.1. The molecule has 0 saturated carbocycles.